The number of fused-ring (bicyclic) bond motifs is 10. The fraction of sp³-hybridized carbons (Fsp3) is 0. The van der Waals surface area contributed by atoms with Crippen LogP contribution in [0.2, 0.25) is 0 Å². The molecule has 0 aliphatic heterocycles. The second kappa shape index (κ2) is 23.3. The number of benzene rings is 13. The van der Waals surface area contributed by atoms with Gasteiger partial charge in [0, 0.05) is 76.9 Å². The Balaban J connectivity index is 0.000000143. The van der Waals surface area contributed by atoms with E-state index in [4.69, 9.17) is 34.3 Å². The lowest BCUT2D eigenvalue weighted by atomic mass is 9.95. The van der Waals surface area contributed by atoms with Gasteiger partial charge in [0.05, 0.1) is 22.1 Å². The summed E-state index contributed by atoms with van der Waals surface area (Å²) in [5, 5.41) is 6.85. The summed E-state index contributed by atoms with van der Waals surface area (Å²) in [7, 11) is 0. The molecule has 5 aromatic heterocycles. The minimum Gasteiger partial charge on any atom is -0.455 e. The maximum atomic E-state index is 6.87. The molecular formula is C84H54N8O. The lowest BCUT2D eigenvalue weighted by Crippen LogP contribution is -2.07. The van der Waals surface area contributed by atoms with E-state index in [1.165, 1.54) is 16.3 Å². The van der Waals surface area contributed by atoms with Crippen molar-refractivity contribution in [2.75, 3.05) is 0 Å². The van der Waals surface area contributed by atoms with Crippen molar-refractivity contribution < 1.29 is 4.42 Å². The number of hydrogen-bond donors (Lipinski definition) is 0. The Bertz CT molecular complexity index is 5660. The Morgan fingerprint density at radius 2 is 0.591 bits per heavy atom. The van der Waals surface area contributed by atoms with Gasteiger partial charge in [-0.1, -0.05) is 285 Å². The SMILES string of the molecule is c1ccc(-c2cc(-c3ccccc3)c3oc4c(-c5cccc(-c6nc(-c7ccccc7)nc(-c7ccccc7)n6)c5)cccc4c3c2)cc1.c1ccc(-c2nc(-c3ccccc3)nc(-n3c4ccccc4c4ccc5c6ccccc6n(-c6ccccc6)c5c43)n2)cc1. The highest BCUT2D eigenvalue weighted by atomic mass is 16.3. The van der Waals surface area contributed by atoms with Crippen molar-refractivity contribution in [3.63, 3.8) is 0 Å². The molecule has 18 rings (SSSR count). The Kier molecular flexibility index (Phi) is 13.7. The van der Waals surface area contributed by atoms with E-state index in [2.05, 4.69) is 209 Å². The van der Waals surface area contributed by atoms with Gasteiger partial charge in [0.15, 0.2) is 29.1 Å². The molecular weight excluding hydrogens is 1140 g/mol. The van der Waals surface area contributed by atoms with E-state index in [-0.39, 0.29) is 0 Å². The Labute approximate surface area is 535 Å². The highest BCUT2D eigenvalue weighted by molar-refractivity contribution is 6.24. The molecule has 0 N–H and O–H groups in total. The van der Waals surface area contributed by atoms with Crippen molar-refractivity contribution in [3.05, 3.63) is 328 Å². The van der Waals surface area contributed by atoms with Gasteiger partial charge in [-0.05, 0) is 64.7 Å². The van der Waals surface area contributed by atoms with E-state index in [0.29, 0.717) is 35.1 Å². The first kappa shape index (κ1) is 54.4. The van der Waals surface area contributed by atoms with E-state index in [9.17, 15) is 0 Å². The predicted molar refractivity (Wildman–Crippen MR) is 379 cm³/mol. The van der Waals surface area contributed by atoms with Crippen LogP contribution in [-0.4, -0.2) is 39.0 Å². The molecule has 0 unspecified atom stereocenters. The number of furan rings is 1. The molecule has 9 heteroatoms. The van der Waals surface area contributed by atoms with Gasteiger partial charge in [0.2, 0.25) is 5.95 Å². The molecule has 0 amide bonds. The molecule has 13 aromatic carbocycles. The van der Waals surface area contributed by atoms with Crippen LogP contribution in [0.4, 0.5) is 0 Å². The number of nitrogens with zero attached hydrogens (tertiary/aromatic N) is 8. The predicted octanol–water partition coefficient (Wildman–Crippen LogP) is 21.2. The molecule has 5 heterocycles. The molecule has 0 saturated heterocycles. The molecule has 0 atom stereocenters. The van der Waals surface area contributed by atoms with E-state index in [1.54, 1.807) is 0 Å². The van der Waals surface area contributed by atoms with Crippen molar-refractivity contribution in [1.82, 2.24) is 39.0 Å². The molecule has 0 aliphatic rings. The summed E-state index contributed by atoms with van der Waals surface area (Å²) >= 11 is 0. The quantitative estimate of drug-likeness (QED) is 0.134. The summed E-state index contributed by atoms with van der Waals surface area (Å²) in [4.78, 5) is 30.1. The Morgan fingerprint density at radius 3 is 1.12 bits per heavy atom. The molecule has 9 nitrogen and oxygen atoms in total. The van der Waals surface area contributed by atoms with Crippen LogP contribution < -0.4 is 0 Å². The summed E-state index contributed by atoms with van der Waals surface area (Å²) in [6.07, 6.45) is 0. The largest absolute Gasteiger partial charge is 0.455 e. The standard InChI is InChI=1S/C45H29N3O.C39H25N5/c1-5-15-30(16-6-1)36-28-39(31-17-7-2-8-18-31)42-40(29-36)38-26-14-25-37(41(38)49-42)34-23-13-24-35(27-34)45-47-43(32-19-9-3-10-20-32)46-44(48-45)33-21-11-4-12-22-33;1-4-14-26(15-5-1)37-40-38(27-16-6-2-7-17-27)42-39(41-37)44-34-23-13-11-21-30(34)32-25-24-31-29-20-10-12-22-33(29)43(35(31)36(32)44)28-18-8-3-9-19-28/h1-29H;1-25H. The zero-order valence-corrected chi connectivity index (χ0v) is 50.2. The number of para-hydroxylation sites is 4. The van der Waals surface area contributed by atoms with Crippen molar-refractivity contribution in [1.29, 1.82) is 0 Å². The van der Waals surface area contributed by atoms with Crippen molar-refractivity contribution in [2.24, 2.45) is 0 Å². The van der Waals surface area contributed by atoms with Gasteiger partial charge in [0.25, 0.3) is 0 Å². The van der Waals surface area contributed by atoms with Crippen LogP contribution in [0, 0.1) is 0 Å². The summed E-state index contributed by atoms with van der Waals surface area (Å²) in [5.74, 6) is 3.74. The summed E-state index contributed by atoms with van der Waals surface area (Å²) < 4.78 is 11.5. The monoisotopic (exact) mass is 1190 g/mol. The van der Waals surface area contributed by atoms with E-state index < -0.39 is 0 Å². The van der Waals surface area contributed by atoms with Gasteiger partial charge in [-0.2, -0.15) is 9.97 Å². The first-order valence-corrected chi connectivity index (χ1v) is 31.1. The van der Waals surface area contributed by atoms with Gasteiger partial charge in [-0.15, -0.1) is 0 Å². The number of rotatable bonds is 10. The second-order valence-electron chi connectivity index (χ2n) is 22.9. The average molecular weight is 1190 g/mol. The summed E-state index contributed by atoms with van der Waals surface area (Å²) in [6, 6.07) is 113. The minimum absolute atomic E-state index is 0.585. The van der Waals surface area contributed by atoms with Gasteiger partial charge in [0.1, 0.15) is 11.2 Å². The number of hydrogen-bond acceptors (Lipinski definition) is 7. The first-order chi connectivity index (χ1) is 46.1. The van der Waals surface area contributed by atoms with Crippen molar-refractivity contribution >= 4 is 65.6 Å². The van der Waals surface area contributed by atoms with Crippen molar-refractivity contribution in [3.8, 4) is 102 Å². The zero-order valence-electron chi connectivity index (χ0n) is 50.2. The van der Waals surface area contributed by atoms with Crippen LogP contribution >= 0.6 is 0 Å². The zero-order chi connectivity index (χ0) is 61.6. The molecule has 0 spiro atoms. The Morgan fingerprint density at radius 1 is 0.215 bits per heavy atom. The third-order valence-corrected chi connectivity index (χ3v) is 17.3. The normalized spacial score (nSPS) is 11.4. The molecule has 0 radical (unpaired) electrons. The molecule has 0 aliphatic carbocycles. The van der Waals surface area contributed by atoms with Crippen LogP contribution in [0.25, 0.3) is 168 Å². The number of aromatic nitrogens is 8. The fourth-order valence-electron chi connectivity index (χ4n) is 13.0. The molecule has 0 bridgehead atoms. The topological polar surface area (TPSA) is 100 Å². The van der Waals surface area contributed by atoms with E-state index >= 15 is 0 Å². The molecule has 436 valence electrons. The Hall–Kier alpha value is -12.7. The van der Waals surface area contributed by atoms with E-state index in [0.717, 1.165) is 116 Å². The molecule has 18 aromatic rings. The van der Waals surface area contributed by atoms with Crippen molar-refractivity contribution in [2.45, 2.75) is 0 Å². The van der Waals surface area contributed by atoms with Gasteiger partial charge >= 0.3 is 0 Å². The highest BCUT2D eigenvalue weighted by Gasteiger charge is 2.25. The minimum atomic E-state index is 0.585. The van der Waals surface area contributed by atoms with Crippen LogP contribution in [0.5, 0.6) is 0 Å². The maximum Gasteiger partial charge on any atom is 0.238 e. The van der Waals surface area contributed by atoms with Crippen LogP contribution in [0.1, 0.15) is 0 Å². The lowest BCUT2D eigenvalue weighted by Gasteiger charge is -2.13. The maximum absolute atomic E-state index is 6.87. The van der Waals surface area contributed by atoms with Crippen LogP contribution in [-0.2, 0) is 0 Å². The molecule has 0 fully saturated rings. The highest BCUT2D eigenvalue weighted by Crippen LogP contribution is 2.45. The van der Waals surface area contributed by atoms with Crippen LogP contribution in [0.15, 0.2) is 332 Å². The van der Waals surface area contributed by atoms with Crippen LogP contribution in [0.3, 0.4) is 0 Å². The van der Waals surface area contributed by atoms with Gasteiger partial charge < -0.3 is 8.98 Å². The fourth-order valence-corrected chi connectivity index (χ4v) is 13.0. The summed E-state index contributed by atoms with van der Waals surface area (Å²) in [5.41, 5.74) is 18.4. The third kappa shape index (κ3) is 9.94. The molecule has 93 heavy (non-hydrogen) atoms. The smallest absolute Gasteiger partial charge is 0.238 e. The average Bonchev–Trinajstić information content (AvgIpc) is 1.56. The third-order valence-electron chi connectivity index (χ3n) is 17.3. The molecule has 0 saturated carbocycles. The summed E-state index contributed by atoms with van der Waals surface area (Å²) in [6.45, 7) is 0. The lowest BCUT2D eigenvalue weighted by molar-refractivity contribution is 0.671. The first-order valence-electron chi connectivity index (χ1n) is 31.1. The van der Waals surface area contributed by atoms with E-state index in [1.807, 2.05) is 127 Å². The van der Waals surface area contributed by atoms with Gasteiger partial charge in [-0.25, -0.2) is 19.9 Å². The second-order valence-corrected chi connectivity index (χ2v) is 22.9. The van der Waals surface area contributed by atoms with Gasteiger partial charge in [-0.3, -0.25) is 4.57 Å².